The Labute approximate surface area is 115 Å². The van der Waals surface area contributed by atoms with Gasteiger partial charge in [0.1, 0.15) is 5.56 Å². The summed E-state index contributed by atoms with van der Waals surface area (Å²) in [4.78, 5) is 14.7. The summed E-state index contributed by atoms with van der Waals surface area (Å²) in [5, 5.41) is 14.8. The summed E-state index contributed by atoms with van der Waals surface area (Å²) in [6, 6.07) is 4.43. The first-order valence-electron chi connectivity index (χ1n) is 6.37. The number of aryl methyl sites for hydroxylation is 1. The molecule has 0 fully saturated rings. The van der Waals surface area contributed by atoms with Gasteiger partial charge >= 0.3 is 0 Å². The Kier molecular flexibility index (Phi) is 4.09. The maximum absolute atomic E-state index is 11.0. The highest BCUT2D eigenvalue weighted by Gasteiger charge is 2.22. The van der Waals surface area contributed by atoms with Crippen LogP contribution in [0.2, 0.25) is 0 Å². The summed E-state index contributed by atoms with van der Waals surface area (Å²) in [5.74, 6) is 0.500. The molecule has 0 spiro atoms. The number of nitrogens with zero attached hydrogens (tertiary/aromatic N) is 3. The Morgan fingerprint density at radius 1 is 1.50 bits per heavy atom. The molecular formula is C13H16N4O3. The summed E-state index contributed by atoms with van der Waals surface area (Å²) < 4.78 is 5.12. The Balaban J connectivity index is 2.41. The van der Waals surface area contributed by atoms with Crippen LogP contribution in [0.4, 0.5) is 5.69 Å². The van der Waals surface area contributed by atoms with E-state index in [9.17, 15) is 10.1 Å². The molecule has 0 radical (unpaired) electrons. The fourth-order valence-electron chi connectivity index (χ4n) is 1.92. The molecule has 0 aliphatic heterocycles. The molecular weight excluding hydrogens is 260 g/mol. The topological polar surface area (TPSA) is 108 Å². The lowest BCUT2D eigenvalue weighted by Crippen LogP contribution is -2.11. The Morgan fingerprint density at radius 3 is 2.90 bits per heavy atom. The van der Waals surface area contributed by atoms with Gasteiger partial charge in [-0.05, 0) is 25.0 Å². The van der Waals surface area contributed by atoms with Crippen LogP contribution >= 0.6 is 0 Å². The number of aromatic nitrogens is 2. The molecule has 0 aliphatic rings. The largest absolute Gasteiger partial charge is 0.334 e. The first-order valence-corrected chi connectivity index (χ1v) is 6.37. The summed E-state index contributed by atoms with van der Waals surface area (Å²) in [6.07, 6.45) is 1.63. The van der Waals surface area contributed by atoms with Gasteiger partial charge in [-0.2, -0.15) is 4.98 Å². The highest BCUT2D eigenvalue weighted by molar-refractivity contribution is 5.67. The Morgan fingerprint density at radius 2 is 2.25 bits per heavy atom. The summed E-state index contributed by atoms with van der Waals surface area (Å²) >= 11 is 0. The van der Waals surface area contributed by atoms with E-state index in [2.05, 4.69) is 10.1 Å². The van der Waals surface area contributed by atoms with E-state index in [1.807, 2.05) is 13.8 Å². The normalized spacial score (nSPS) is 12.3. The van der Waals surface area contributed by atoms with Gasteiger partial charge in [-0.15, -0.1) is 0 Å². The van der Waals surface area contributed by atoms with Crippen molar-refractivity contribution in [2.75, 3.05) is 0 Å². The van der Waals surface area contributed by atoms with Crippen molar-refractivity contribution in [1.29, 1.82) is 0 Å². The van der Waals surface area contributed by atoms with Gasteiger partial charge in [0.2, 0.25) is 0 Å². The lowest BCUT2D eigenvalue weighted by molar-refractivity contribution is -0.384. The third kappa shape index (κ3) is 2.83. The second-order valence-electron chi connectivity index (χ2n) is 4.63. The standard InChI is InChI=1S/C13H16N4O3/c1-3-4-10(14)12-15-13(20-16-12)9-7-8(2)5-6-11(9)17(18)19/h5-7,10H,3-4,14H2,1-2H3. The Bertz CT molecular complexity index is 624. The molecule has 0 saturated carbocycles. The third-order valence-electron chi connectivity index (χ3n) is 2.95. The van der Waals surface area contributed by atoms with Crippen LogP contribution in [0.15, 0.2) is 22.7 Å². The lowest BCUT2D eigenvalue weighted by atomic mass is 10.1. The molecule has 0 aliphatic carbocycles. The number of hydrogen-bond donors (Lipinski definition) is 1. The molecule has 1 aromatic carbocycles. The maximum Gasteiger partial charge on any atom is 0.282 e. The molecule has 0 saturated heterocycles. The number of nitrogens with two attached hydrogens (primary N) is 1. The number of nitro groups is 1. The van der Waals surface area contributed by atoms with Crippen molar-refractivity contribution in [1.82, 2.24) is 10.1 Å². The quantitative estimate of drug-likeness (QED) is 0.664. The summed E-state index contributed by atoms with van der Waals surface area (Å²) in [6.45, 7) is 3.85. The molecule has 20 heavy (non-hydrogen) atoms. The molecule has 1 atom stereocenters. The van der Waals surface area contributed by atoms with Gasteiger partial charge in [-0.1, -0.05) is 24.6 Å². The molecule has 7 heteroatoms. The number of benzene rings is 1. The fourth-order valence-corrected chi connectivity index (χ4v) is 1.92. The lowest BCUT2D eigenvalue weighted by Gasteiger charge is -2.02. The minimum absolute atomic E-state index is 0.0603. The fraction of sp³-hybridized carbons (Fsp3) is 0.385. The van der Waals surface area contributed by atoms with Crippen molar-refractivity contribution in [2.45, 2.75) is 32.7 Å². The van der Waals surface area contributed by atoms with Crippen LogP contribution in [0.3, 0.4) is 0 Å². The van der Waals surface area contributed by atoms with Crippen LogP contribution in [0, 0.1) is 17.0 Å². The second kappa shape index (κ2) is 5.79. The zero-order valence-electron chi connectivity index (χ0n) is 11.4. The van der Waals surface area contributed by atoms with E-state index in [4.69, 9.17) is 10.3 Å². The molecule has 106 valence electrons. The molecule has 1 heterocycles. The van der Waals surface area contributed by atoms with Crippen molar-refractivity contribution < 1.29 is 9.45 Å². The highest BCUT2D eigenvalue weighted by atomic mass is 16.6. The zero-order chi connectivity index (χ0) is 14.7. The third-order valence-corrected chi connectivity index (χ3v) is 2.95. The van der Waals surface area contributed by atoms with Crippen LogP contribution < -0.4 is 5.73 Å². The number of hydrogen-bond acceptors (Lipinski definition) is 6. The van der Waals surface area contributed by atoms with Gasteiger partial charge in [0, 0.05) is 6.07 Å². The molecule has 7 nitrogen and oxygen atoms in total. The van der Waals surface area contributed by atoms with Crippen molar-refractivity contribution >= 4 is 5.69 Å². The van der Waals surface area contributed by atoms with E-state index in [0.717, 1.165) is 18.4 Å². The SMILES string of the molecule is CCCC(N)c1noc(-c2cc(C)ccc2[N+](=O)[O-])n1. The minimum Gasteiger partial charge on any atom is -0.334 e. The van der Waals surface area contributed by atoms with Gasteiger partial charge in [-0.3, -0.25) is 10.1 Å². The van der Waals surface area contributed by atoms with Crippen molar-refractivity contribution in [3.05, 3.63) is 39.7 Å². The first kappa shape index (κ1) is 14.1. The van der Waals surface area contributed by atoms with E-state index < -0.39 is 4.92 Å². The molecule has 1 aromatic heterocycles. The van der Waals surface area contributed by atoms with Crippen LogP contribution in [0.25, 0.3) is 11.5 Å². The van der Waals surface area contributed by atoms with Crippen LogP contribution in [0.5, 0.6) is 0 Å². The molecule has 2 N–H and O–H groups in total. The van der Waals surface area contributed by atoms with Crippen LogP contribution in [-0.2, 0) is 0 Å². The van der Waals surface area contributed by atoms with Gasteiger partial charge in [0.05, 0.1) is 11.0 Å². The minimum atomic E-state index is -0.468. The molecule has 2 rings (SSSR count). The van der Waals surface area contributed by atoms with E-state index in [1.165, 1.54) is 6.07 Å². The van der Waals surface area contributed by atoms with E-state index in [0.29, 0.717) is 11.4 Å². The van der Waals surface area contributed by atoms with Crippen LogP contribution in [-0.4, -0.2) is 15.1 Å². The average Bonchev–Trinajstić information content (AvgIpc) is 2.88. The van der Waals surface area contributed by atoms with Gasteiger partial charge < -0.3 is 10.3 Å². The smallest absolute Gasteiger partial charge is 0.282 e. The van der Waals surface area contributed by atoms with E-state index in [1.54, 1.807) is 12.1 Å². The Hall–Kier alpha value is -2.28. The highest BCUT2D eigenvalue weighted by Crippen LogP contribution is 2.30. The van der Waals surface area contributed by atoms with Gasteiger partial charge in [-0.25, -0.2) is 0 Å². The van der Waals surface area contributed by atoms with Gasteiger partial charge in [0.25, 0.3) is 11.6 Å². The van der Waals surface area contributed by atoms with Crippen molar-refractivity contribution in [3.63, 3.8) is 0 Å². The second-order valence-corrected chi connectivity index (χ2v) is 4.63. The average molecular weight is 276 g/mol. The predicted molar refractivity (Wildman–Crippen MR) is 73.0 cm³/mol. The van der Waals surface area contributed by atoms with Crippen molar-refractivity contribution in [2.24, 2.45) is 5.73 Å². The number of nitro benzene ring substituents is 1. The van der Waals surface area contributed by atoms with E-state index in [-0.39, 0.29) is 17.6 Å². The summed E-state index contributed by atoms with van der Waals surface area (Å²) in [5.41, 5.74) is 7.04. The molecule has 0 amide bonds. The molecule has 0 bridgehead atoms. The first-order chi connectivity index (χ1) is 9.52. The number of rotatable bonds is 5. The summed E-state index contributed by atoms with van der Waals surface area (Å²) in [7, 11) is 0. The van der Waals surface area contributed by atoms with Crippen molar-refractivity contribution in [3.8, 4) is 11.5 Å². The molecule has 1 unspecified atom stereocenters. The van der Waals surface area contributed by atoms with E-state index >= 15 is 0 Å². The predicted octanol–water partition coefficient (Wildman–Crippen LogP) is 2.75. The van der Waals surface area contributed by atoms with Crippen LogP contribution in [0.1, 0.15) is 37.2 Å². The molecule has 2 aromatic rings. The maximum atomic E-state index is 11.0. The monoisotopic (exact) mass is 276 g/mol. The zero-order valence-corrected chi connectivity index (χ0v) is 11.4. The van der Waals surface area contributed by atoms with Gasteiger partial charge in [0.15, 0.2) is 5.82 Å².